The van der Waals surface area contributed by atoms with Crippen molar-refractivity contribution in [3.8, 4) is 0 Å². The molecule has 2 saturated heterocycles. The zero-order chi connectivity index (χ0) is 16.2. The number of ether oxygens (including phenoxy) is 1. The molecule has 23 heavy (non-hydrogen) atoms. The van der Waals surface area contributed by atoms with E-state index >= 15 is 0 Å². The van der Waals surface area contributed by atoms with Crippen LogP contribution in [0.1, 0.15) is 32.4 Å². The summed E-state index contributed by atoms with van der Waals surface area (Å²) in [6, 6.07) is 4.02. The maximum atomic E-state index is 12.5. The zero-order valence-electron chi connectivity index (χ0n) is 14.0. The van der Waals surface area contributed by atoms with Crippen LogP contribution < -0.4 is 5.32 Å². The summed E-state index contributed by atoms with van der Waals surface area (Å²) in [5, 5.41) is 2.96. The molecule has 3 heterocycles. The van der Waals surface area contributed by atoms with Gasteiger partial charge in [0.2, 0.25) is 0 Å². The van der Waals surface area contributed by atoms with E-state index in [0.29, 0.717) is 12.6 Å². The fourth-order valence-electron chi connectivity index (χ4n) is 3.70. The summed E-state index contributed by atoms with van der Waals surface area (Å²) in [6.45, 7) is 8.35. The van der Waals surface area contributed by atoms with Gasteiger partial charge in [-0.25, -0.2) is 4.79 Å². The first-order chi connectivity index (χ1) is 11.1. The number of amides is 2. The van der Waals surface area contributed by atoms with Crippen molar-refractivity contribution in [2.45, 2.75) is 51.5 Å². The van der Waals surface area contributed by atoms with Gasteiger partial charge in [-0.1, -0.05) is 0 Å². The minimum absolute atomic E-state index is 0.0123. The summed E-state index contributed by atoms with van der Waals surface area (Å²) in [5.74, 6) is 0.782. The molecule has 1 aromatic heterocycles. The Labute approximate surface area is 137 Å². The van der Waals surface area contributed by atoms with E-state index in [4.69, 9.17) is 9.15 Å². The fraction of sp³-hybridized carbons (Fsp3) is 0.706. The van der Waals surface area contributed by atoms with E-state index in [1.54, 1.807) is 6.26 Å². The molecule has 2 amide bonds. The highest BCUT2D eigenvalue weighted by molar-refractivity contribution is 5.74. The van der Waals surface area contributed by atoms with E-state index < -0.39 is 0 Å². The molecule has 0 spiro atoms. The first-order valence-corrected chi connectivity index (χ1v) is 8.56. The molecular formula is C17H27N3O3. The Morgan fingerprint density at radius 2 is 2.13 bits per heavy atom. The van der Waals surface area contributed by atoms with E-state index in [0.717, 1.165) is 44.8 Å². The second-order valence-electron chi connectivity index (χ2n) is 6.70. The van der Waals surface area contributed by atoms with E-state index in [1.165, 1.54) is 0 Å². The van der Waals surface area contributed by atoms with Crippen LogP contribution in [0.4, 0.5) is 4.79 Å². The summed E-state index contributed by atoms with van der Waals surface area (Å²) in [5.41, 5.74) is 0. The summed E-state index contributed by atoms with van der Waals surface area (Å²) < 4.78 is 11.1. The molecule has 0 saturated carbocycles. The number of urea groups is 1. The number of furan rings is 1. The van der Waals surface area contributed by atoms with Crippen LogP contribution in [0.3, 0.4) is 0 Å². The highest BCUT2D eigenvalue weighted by Crippen LogP contribution is 2.20. The van der Waals surface area contributed by atoms with Gasteiger partial charge in [-0.05, 0) is 38.8 Å². The van der Waals surface area contributed by atoms with Crippen LogP contribution in [0, 0.1) is 0 Å². The highest BCUT2D eigenvalue weighted by Gasteiger charge is 2.32. The summed E-state index contributed by atoms with van der Waals surface area (Å²) >= 11 is 0. The van der Waals surface area contributed by atoms with E-state index in [1.807, 2.05) is 17.0 Å². The zero-order valence-corrected chi connectivity index (χ0v) is 14.0. The first kappa shape index (κ1) is 16.3. The predicted octanol–water partition coefficient (Wildman–Crippen LogP) is 2.06. The lowest BCUT2D eigenvalue weighted by Crippen LogP contribution is -2.52. The van der Waals surface area contributed by atoms with Crippen molar-refractivity contribution < 1.29 is 13.9 Å². The lowest BCUT2D eigenvalue weighted by molar-refractivity contribution is -0.0713. The smallest absolute Gasteiger partial charge is 0.318 e. The molecule has 0 aromatic carbocycles. The van der Waals surface area contributed by atoms with Gasteiger partial charge in [0.15, 0.2) is 0 Å². The van der Waals surface area contributed by atoms with Gasteiger partial charge >= 0.3 is 6.03 Å². The van der Waals surface area contributed by atoms with Crippen LogP contribution in [0.15, 0.2) is 22.8 Å². The number of carbonyl (C=O) groups excluding carboxylic acids is 1. The highest BCUT2D eigenvalue weighted by atomic mass is 16.5. The van der Waals surface area contributed by atoms with Crippen LogP contribution in [0.2, 0.25) is 0 Å². The Kier molecular flexibility index (Phi) is 5.23. The molecule has 6 heteroatoms. The standard InChI is InChI=1S/C17H27N3O3/c1-13-10-19(11-14(2)23-13)12-15-5-3-7-20(15)17(21)18-9-16-6-4-8-22-16/h4,6,8,13-15H,3,5,7,9-12H2,1-2H3,(H,18,21)/t13-,14-,15+/m1/s1. The molecule has 1 aromatic rings. The molecule has 0 aliphatic carbocycles. The average Bonchev–Trinajstić information content (AvgIpc) is 3.15. The molecule has 0 unspecified atom stereocenters. The third kappa shape index (κ3) is 4.26. The number of morpholine rings is 1. The van der Waals surface area contributed by atoms with Crippen molar-refractivity contribution in [3.63, 3.8) is 0 Å². The van der Waals surface area contributed by atoms with Crippen molar-refractivity contribution in [1.82, 2.24) is 15.1 Å². The number of hydrogen-bond acceptors (Lipinski definition) is 4. The fourth-order valence-corrected chi connectivity index (χ4v) is 3.70. The second-order valence-corrected chi connectivity index (χ2v) is 6.70. The van der Waals surface area contributed by atoms with Crippen LogP contribution in [-0.4, -0.2) is 60.3 Å². The SMILES string of the molecule is C[C@@H]1CN(C[C@@H]2CCCN2C(=O)NCc2ccco2)C[C@@H](C)O1. The Morgan fingerprint density at radius 3 is 2.83 bits per heavy atom. The summed E-state index contributed by atoms with van der Waals surface area (Å²) in [6.07, 6.45) is 4.31. The van der Waals surface area contributed by atoms with Gasteiger partial charge in [-0.3, -0.25) is 4.90 Å². The minimum Gasteiger partial charge on any atom is -0.467 e. The van der Waals surface area contributed by atoms with Crippen LogP contribution in [0.25, 0.3) is 0 Å². The topological polar surface area (TPSA) is 58.0 Å². The first-order valence-electron chi connectivity index (χ1n) is 8.56. The molecule has 6 nitrogen and oxygen atoms in total. The lowest BCUT2D eigenvalue weighted by Gasteiger charge is -2.38. The van der Waals surface area contributed by atoms with Crippen molar-refractivity contribution >= 4 is 6.03 Å². The Balaban J connectivity index is 1.51. The minimum atomic E-state index is 0.0123. The van der Waals surface area contributed by atoms with Crippen molar-refractivity contribution in [1.29, 1.82) is 0 Å². The van der Waals surface area contributed by atoms with Crippen molar-refractivity contribution in [2.75, 3.05) is 26.2 Å². The van der Waals surface area contributed by atoms with Gasteiger partial charge in [-0.15, -0.1) is 0 Å². The van der Waals surface area contributed by atoms with Crippen molar-refractivity contribution in [2.24, 2.45) is 0 Å². The number of nitrogens with zero attached hydrogens (tertiary/aromatic N) is 2. The monoisotopic (exact) mass is 321 g/mol. The van der Waals surface area contributed by atoms with Crippen LogP contribution in [0.5, 0.6) is 0 Å². The molecule has 0 bridgehead atoms. The van der Waals surface area contributed by atoms with Gasteiger partial charge in [0.05, 0.1) is 25.0 Å². The van der Waals surface area contributed by atoms with Gasteiger partial charge in [0.25, 0.3) is 0 Å². The number of likely N-dealkylation sites (tertiary alicyclic amines) is 1. The largest absolute Gasteiger partial charge is 0.467 e. The van der Waals surface area contributed by atoms with Crippen LogP contribution >= 0.6 is 0 Å². The molecular weight excluding hydrogens is 294 g/mol. The van der Waals surface area contributed by atoms with Crippen LogP contribution in [-0.2, 0) is 11.3 Å². The number of hydrogen-bond donors (Lipinski definition) is 1. The molecule has 3 atom stereocenters. The van der Waals surface area contributed by atoms with Gasteiger partial charge in [-0.2, -0.15) is 0 Å². The Bertz CT molecular complexity index is 495. The lowest BCUT2D eigenvalue weighted by atomic mass is 10.1. The average molecular weight is 321 g/mol. The number of carbonyl (C=O) groups is 1. The third-order valence-corrected chi connectivity index (χ3v) is 4.60. The van der Waals surface area contributed by atoms with E-state index in [9.17, 15) is 4.79 Å². The third-order valence-electron chi connectivity index (χ3n) is 4.60. The summed E-state index contributed by atoms with van der Waals surface area (Å²) in [7, 11) is 0. The molecule has 0 radical (unpaired) electrons. The van der Waals surface area contributed by atoms with Gasteiger partial charge in [0, 0.05) is 32.2 Å². The van der Waals surface area contributed by atoms with E-state index in [-0.39, 0.29) is 18.2 Å². The normalized spacial score (nSPS) is 29.0. The second kappa shape index (κ2) is 7.36. The molecule has 3 rings (SSSR count). The Morgan fingerprint density at radius 1 is 1.35 bits per heavy atom. The van der Waals surface area contributed by atoms with E-state index in [2.05, 4.69) is 24.1 Å². The van der Waals surface area contributed by atoms with Gasteiger partial charge < -0.3 is 19.4 Å². The molecule has 2 aliphatic rings. The predicted molar refractivity (Wildman–Crippen MR) is 87.1 cm³/mol. The number of nitrogens with one attached hydrogen (secondary N) is 1. The maximum absolute atomic E-state index is 12.5. The molecule has 128 valence electrons. The van der Waals surface area contributed by atoms with Gasteiger partial charge in [0.1, 0.15) is 5.76 Å². The maximum Gasteiger partial charge on any atom is 0.318 e. The van der Waals surface area contributed by atoms with Crippen molar-refractivity contribution in [3.05, 3.63) is 24.2 Å². The number of rotatable bonds is 4. The molecule has 1 N–H and O–H groups in total. The quantitative estimate of drug-likeness (QED) is 0.922. The summed E-state index contributed by atoms with van der Waals surface area (Å²) in [4.78, 5) is 16.9. The molecule has 2 aliphatic heterocycles. The molecule has 2 fully saturated rings. The Hall–Kier alpha value is -1.53.